The van der Waals surface area contributed by atoms with Crippen LogP contribution in [-0.4, -0.2) is 55.7 Å². The van der Waals surface area contributed by atoms with Crippen LogP contribution in [-0.2, 0) is 27.5 Å². The van der Waals surface area contributed by atoms with Gasteiger partial charge in [0, 0.05) is 23.7 Å². The number of nitrogens with two attached hydrogens (primary N) is 1. The van der Waals surface area contributed by atoms with Crippen LogP contribution < -0.4 is 27.0 Å². The third kappa shape index (κ3) is 9.19. The van der Waals surface area contributed by atoms with Gasteiger partial charge in [0.25, 0.3) is 5.91 Å². The first-order valence-corrected chi connectivity index (χ1v) is 16.1. The molecular formula is C34H41N9O4. The van der Waals surface area contributed by atoms with Crippen LogP contribution in [0.2, 0.25) is 0 Å². The van der Waals surface area contributed by atoms with Crippen LogP contribution in [0.3, 0.4) is 0 Å². The van der Waals surface area contributed by atoms with Crippen molar-refractivity contribution >= 4 is 46.3 Å². The summed E-state index contributed by atoms with van der Waals surface area (Å²) in [6, 6.07) is 15.2. The number of rotatable bonds is 14. The summed E-state index contributed by atoms with van der Waals surface area (Å²) >= 11 is 0. The third-order valence-corrected chi connectivity index (χ3v) is 8.25. The first-order valence-electron chi connectivity index (χ1n) is 16.1. The molecule has 1 unspecified atom stereocenters. The topological polar surface area (TPSA) is 186 Å². The quantitative estimate of drug-likeness (QED) is 0.130. The van der Waals surface area contributed by atoms with Crippen LogP contribution in [0.4, 0.5) is 11.5 Å². The summed E-state index contributed by atoms with van der Waals surface area (Å²) in [5.41, 5.74) is 8.34. The van der Waals surface area contributed by atoms with Crippen LogP contribution >= 0.6 is 0 Å². The number of carbonyl (C=O) groups is 4. The zero-order chi connectivity index (χ0) is 33.0. The summed E-state index contributed by atoms with van der Waals surface area (Å²) in [5.74, 6) is -0.684. The molecule has 2 heterocycles. The van der Waals surface area contributed by atoms with E-state index in [0.717, 1.165) is 31.2 Å². The number of imidazole rings is 1. The van der Waals surface area contributed by atoms with Gasteiger partial charge in [-0.25, -0.2) is 15.0 Å². The van der Waals surface area contributed by atoms with Gasteiger partial charge < -0.3 is 31.6 Å². The highest BCUT2D eigenvalue weighted by Crippen LogP contribution is 2.24. The SMILES string of the molecule is NCCCCC(NC(=O)Cn1cnc2c(NC(=O)c3ccccc3)ncnc21)C(=O)Nc1ccc(CNC(=O)C2CCCCC2)cc1. The summed E-state index contributed by atoms with van der Waals surface area (Å²) in [6.45, 7) is 0.752. The van der Waals surface area contributed by atoms with E-state index in [4.69, 9.17) is 5.73 Å². The maximum atomic E-state index is 13.3. The Morgan fingerprint density at radius 3 is 2.40 bits per heavy atom. The highest BCUT2D eigenvalue weighted by atomic mass is 16.2. The lowest BCUT2D eigenvalue weighted by Crippen LogP contribution is -2.45. The summed E-state index contributed by atoms with van der Waals surface area (Å²) in [6.07, 6.45) is 9.80. The summed E-state index contributed by atoms with van der Waals surface area (Å²) < 4.78 is 1.53. The first-order chi connectivity index (χ1) is 22.9. The summed E-state index contributed by atoms with van der Waals surface area (Å²) in [7, 11) is 0. The number of unbranched alkanes of at least 4 members (excludes halogenated alkanes) is 1. The lowest BCUT2D eigenvalue weighted by Gasteiger charge is -2.21. The Hall–Kier alpha value is -5.17. The molecule has 4 aromatic rings. The van der Waals surface area contributed by atoms with Crippen LogP contribution in [0.25, 0.3) is 11.2 Å². The van der Waals surface area contributed by atoms with Gasteiger partial charge in [-0.2, -0.15) is 0 Å². The number of nitrogens with zero attached hydrogens (tertiary/aromatic N) is 4. The van der Waals surface area contributed by atoms with Gasteiger partial charge in [0.15, 0.2) is 17.0 Å². The molecule has 2 aromatic carbocycles. The van der Waals surface area contributed by atoms with Gasteiger partial charge in [0.1, 0.15) is 18.9 Å². The normalized spacial score (nSPS) is 13.9. The predicted octanol–water partition coefficient (Wildman–Crippen LogP) is 3.53. The van der Waals surface area contributed by atoms with Crippen molar-refractivity contribution in [2.45, 2.75) is 70.5 Å². The van der Waals surface area contributed by atoms with E-state index < -0.39 is 11.9 Å². The second-order valence-corrected chi connectivity index (χ2v) is 11.7. The second-order valence-electron chi connectivity index (χ2n) is 11.7. The molecule has 0 bridgehead atoms. The minimum atomic E-state index is -0.798. The van der Waals surface area contributed by atoms with E-state index >= 15 is 0 Å². The Balaban J connectivity index is 1.18. The summed E-state index contributed by atoms with van der Waals surface area (Å²) in [5, 5.41) is 11.5. The molecule has 1 aliphatic rings. The van der Waals surface area contributed by atoms with Crippen LogP contribution in [0.1, 0.15) is 67.3 Å². The molecule has 4 amide bonds. The van der Waals surface area contributed by atoms with Crippen molar-refractivity contribution in [1.82, 2.24) is 30.2 Å². The maximum absolute atomic E-state index is 13.3. The molecule has 47 heavy (non-hydrogen) atoms. The lowest BCUT2D eigenvalue weighted by atomic mass is 9.88. The molecule has 1 aliphatic carbocycles. The number of hydrogen-bond donors (Lipinski definition) is 5. The van der Waals surface area contributed by atoms with Crippen molar-refractivity contribution in [3.63, 3.8) is 0 Å². The highest BCUT2D eigenvalue weighted by molar-refractivity contribution is 6.06. The fourth-order valence-corrected chi connectivity index (χ4v) is 5.65. The number of hydrogen-bond acceptors (Lipinski definition) is 8. The minimum Gasteiger partial charge on any atom is -0.352 e. The van der Waals surface area contributed by atoms with Crippen molar-refractivity contribution in [2.75, 3.05) is 17.2 Å². The molecule has 1 saturated carbocycles. The Labute approximate surface area is 273 Å². The Morgan fingerprint density at radius 1 is 0.894 bits per heavy atom. The van der Waals surface area contributed by atoms with E-state index in [-0.39, 0.29) is 36.0 Å². The number of benzene rings is 2. The monoisotopic (exact) mass is 639 g/mol. The van der Waals surface area contributed by atoms with Crippen molar-refractivity contribution in [3.05, 3.63) is 78.4 Å². The largest absolute Gasteiger partial charge is 0.352 e. The van der Waals surface area contributed by atoms with E-state index in [0.29, 0.717) is 54.8 Å². The average Bonchev–Trinajstić information content (AvgIpc) is 3.51. The van der Waals surface area contributed by atoms with Crippen molar-refractivity contribution in [1.29, 1.82) is 0 Å². The van der Waals surface area contributed by atoms with E-state index in [2.05, 4.69) is 36.2 Å². The van der Waals surface area contributed by atoms with Gasteiger partial charge in [0.2, 0.25) is 17.7 Å². The third-order valence-electron chi connectivity index (χ3n) is 8.25. The highest BCUT2D eigenvalue weighted by Gasteiger charge is 2.23. The molecule has 0 radical (unpaired) electrons. The van der Waals surface area contributed by atoms with Gasteiger partial charge >= 0.3 is 0 Å². The van der Waals surface area contributed by atoms with E-state index in [1.165, 1.54) is 23.6 Å². The molecule has 13 heteroatoms. The zero-order valence-corrected chi connectivity index (χ0v) is 26.3. The molecule has 0 aliphatic heterocycles. The number of anilines is 2. The molecule has 1 fully saturated rings. The maximum Gasteiger partial charge on any atom is 0.256 e. The predicted molar refractivity (Wildman–Crippen MR) is 178 cm³/mol. The zero-order valence-electron chi connectivity index (χ0n) is 26.3. The fraction of sp³-hybridized carbons (Fsp3) is 0.382. The fourth-order valence-electron chi connectivity index (χ4n) is 5.65. The molecule has 1 atom stereocenters. The van der Waals surface area contributed by atoms with E-state index in [9.17, 15) is 19.2 Å². The number of nitrogens with one attached hydrogen (secondary N) is 4. The number of amides is 4. The van der Waals surface area contributed by atoms with E-state index in [1.54, 1.807) is 36.4 Å². The Bertz CT molecular complexity index is 1670. The standard InChI is InChI=1S/C34H41N9O4/c35-18-8-7-13-27(34(47)40-26-16-14-23(15-17-26)19-36-32(45)24-9-3-1-4-10-24)41-28(44)20-43-22-39-29-30(37-21-38-31(29)43)42-33(46)25-11-5-2-6-12-25/h2,5-6,11-12,14-17,21-22,24,27H,1,3-4,7-10,13,18-20,35H2,(H,36,45)(H,40,47)(H,41,44)(H,37,38,42,46). The molecule has 6 N–H and O–H groups in total. The summed E-state index contributed by atoms with van der Waals surface area (Å²) in [4.78, 5) is 64.4. The van der Waals surface area contributed by atoms with Crippen molar-refractivity contribution < 1.29 is 19.2 Å². The van der Waals surface area contributed by atoms with Gasteiger partial charge in [-0.3, -0.25) is 19.2 Å². The number of aromatic nitrogens is 4. The molecule has 13 nitrogen and oxygen atoms in total. The first kappa shape index (κ1) is 33.2. The van der Waals surface area contributed by atoms with Gasteiger partial charge in [-0.1, -0.05) is 49.6 Å². The Morgan fingerprint density at radius 2 is 1.66 bits per heavy atom. The van der Waals surface area contributed by atoms with Crippen molar-refractivity contribution in [2.24, 2.45) is 11.7 Å². The molecule has 2 aromatic heterocycles. The number of fused-ring (bicyclic) bond motifs is 1. The molecule has 0 spiro atoms. The molecular weight excluding hydrogens is 598 g/mol. The number of carbonyl (C=O) groups excluding carboxylic acids is 4. The van der Waals surface area contributed by atoms with E-state index in [1.807, 2.05) is 18.2 Å². The average molecular weight is 640 g/mol. The second kappa shape index (κ2) is 16.4. The lowest BCUT2D eigenvalue weighted by molar-refractivity contribution is -0.127. The minimum absolute atomic E-state index is 0.0968. The molecule has 5 rings (SSSR count). The van der Waals surface area contributed by atoms with Gasteiger partial charge in [-0.05, 0) is 68.5 Å². The van der Waals surface area contributed by atoms with Crippen LogP contribution in [0, 0.1) is 5.92 Å². The van der Waals surface area contributed by atoms with Gasteiger partial charge in [-0.15, -0.1) is 0 Å². The van der Waals surface area contributed by atoms with Crippen LogP contribution in [0.15, 0.2) is 67.3 Å². The smallest absolute Gasteiger partial charge is 0.256 e. The van der Waals surface area contributed by atoms with Crippen LogP contribution in [0.5, 0.6) is 0 Å². The Kier molecular flexibility index (Phi) is 11.6. The molecule has 0 saturated heterocycles. The molecule has 246 valence electrons. The van der Waals surface area contributed by atoms with Gasteiger partial charge in [0.05, 0.1) is 6.33 Å². The van der Waals surface area contributed by atoms with Crippen molar-refractivity contribution in [3.8, 4) is 0 Å².